The van der Waals surface area contributed by atoms with Crippen molar-refractivity contribution in [1.29, 1.82) is 0 Å². The summed E-state index contributed by atoms with van der Waals surface area (Å²) in [6.45, 7) is 12.8. The smallest absolute Gasteiger partial charge is 0.158 e. The van der Waals surface area contributed by atoms with Crippen LogP contribution in [0, 0.1) is 5.92 Å². The Morgan fingerprint density at radius 2 is 1.89 bits per heavy atom. The maximum atomic E-state index is 10.9. The molecule has 112 valence electrons. The Hall–Kier alpha value is -0.870. The number of carbonyl (C=O) groups is 1. The molecule has 19 heavy (non-hydrogen) atoms. The minimum Gasteiger partial charge on any atom is -0.387 e. The van der Waals surface area contributed by atoms with Gasteiger partial charge in [-0.15, -0.1) is 0 Å². The summed E-state index contributed by atoms with van der Waals surface area (Å²) in [6, 6.07) is 0. The molecule has 0 aromatic rings. The predicted molar refractivity (Wildman–Crippen MR) is 78.2 cm³/mol. The SMILES string of the molecule is C=C(CCC(C)C)NCCOCCOCC(=O)CC. The normalized spacial score (nSPS) is 10.7. The first kappa shape index (κ1) is 18.1. The minimum absolute atomic E-state index is 0.128. The molecule has 0 aliphatic heterocycles. The molecule has 4 heteroatoms. The Morgan fingerprint density at radius 3 is 2.53 bits per heavy atom. The fourth-order valence-corrected chi connectivity index (χ4v) is 1.36. The summed E-state index contributed by atoms with van der Waals surface area (Å²) < 4.78 is 10.6. The quantitative estimate of drug-likeness (QED) is 0.523. The van der Waals surface area contributed by atoms with Gasteiger partial charge < -0.3 is 14.8 Å². The topological polar surface area (TPSA) is 47.6 Å². The molecule has 0 radical (unpaired) electrons. The second-order valence-electron chi connectivity index (χ2n) is 5.02. The molecule has 0 rings (SSSR count). The molecule has 0 saturated carbocycles. The maximum absolute atomic E-state index is 10.9. The van der Waals surface area contributed by atoms with Gasteiger partial charge in [0, 0.05) is 18.7 Å². The van der Waals surface area contributed by atoms with Gasteiger partial charge in [-0.25, -0.2) is 0 Å². The van der Waals surface area contributed by atoms with E-state index in [2.05, 4.69) is 25.7 Å². The standard InChI is InChI=1S/C15H29NO3/c1-5-15(17)12-19-11-10-18-9-8-16-14(4)7-6-13(2)3/h13,16H,4-12H2,1-3H3. The molecule has 1 N–H and O–H groups in total. The molecule has 0 aliphatic carbocycles. The molecule has 0 bridgehead atoms. The Bertz CT molecular complexity index is 252. The van der Waals surface area contributed by atoms with Gasteiger partial charge in [0.05, 0.1) is 19.8 Å². The Morgan fingerprint density at radius 1 is 1.21 bits per heavy atom. The molecule has 0 fully saturated rings. The fourth-order valence-electron chi connectivity index (χ4n) is 1.36. The van der Waals surface area contributed by atoms with Crippen LogP contribution < -0.4 is 5.32 Å². The van der Waals surface area contributed by atoms with Crippen LogP contribution in [-0.2, 0) is 14.3 Å². The summed E-state index contributed by atoms with van der Waals surface area (Å²) >= 11 is 0. The van der Waals surface area contributed by atoms with E-state index in [4.69, 9.17) is 9.47 Å². The Balaban J connectivity index is 3.22. The van der Waals surface area contributed by atoms with Gasteiger partial charge in [0.15, 0.2) is 5.78 Å². The van der Waals surface area contributed by atoms with Crippen LogP contribution in [0.15, 0.2) is 12.3 Å². The molecule has 0 unspecified atom stereocenters. The average molecular weight is 271 g/mol. The lowest BCUT2D eigenvalue weighted by Crippen LogP contribution is -2.20. The zero-order chi connectivity index (χ0) is 14.5. The number of nitrogens with one attached hydrogen (secondary N) is 1. The van der Waals surface area contributed by atoms with E-state index < -0.39 is 0 Å². The van der Waals surface area contributed by atoms with Crippen molar-refractivity contribution in [1.82, 2.24) is 5.32 Å². The van der Waals surface area contributed by atoms with Crippen LogP contribution in [0.1, 0.15) is 40.0 Å². The summed E-state index contributed by atoms with van der Waals surface area (Å²) in [5.41, 5.74) is 1.07. The lowest BCUT2D eigenvalue weighted by Gasteiger charge is -2.11. The second kappa shape index (κ2) is 12.2. The first-order chi connectivity index (χ1) is 9.06. The molecule has 0 amide bonds. The third-order valence-corrected chi connectivity index (χ3v) is 2.67. The molecular weight excluding hydrogens is 242 g/mol. The van der Waals surface area contributed by atoms with E-state index in [1.807, 2.05) is 6.92 Å². The highest BCUT2D eigenvalue weighted by molar-refractivity contribution is 5.79. The van der Waals surface area contributed by atoms with Gasteiger partial charge in [0.1, 0.15) is 6.61 Å². The molecule has 0 aliphatic rings. The van der Waals surface area contributed by atoms with Gasteiger partial charge in [-0.2, -0.15) is 0 Å². The molecule has 4 nitrogen and oxygen atoms in total. The van der Waals surface area contributed by atoms with Crippen LogP contribution in [0.3, 0.4) is 0 Å². The highest BCUT2D eigenvalue weighted by Crippen LogP contribution is 2.07. The van der Waals surface area contributed by atoms with Crippen molar-refractivity contribution in [3.8, 4) is 0 Å². The lowest BCUT2D eigenvalue weighted by atomic mass is 10.1. The van der Waals surface area contributed by atoms with Crippen LogP contribution in [0.25, 0.3) is 0 Å². The van der Waals surface area contributed by atoms with Gasteiger partial charge >= 0.3 is 0 Å². The van der Waals surface area contributed by atoms with Crippen molar-refractivity contribution >= 4 is 5.78 Å². The third kappa shape index (κ3) is 13.4. The van der Waals surface area contributed by atoms with Crippen LogP contribution in [0.2, 0.25) is 0 Å². The fraction of sp³-hybridized carbons (Fsp3) is 0.800. The first-order valence-electron chi connectivity index (χ1n) is 7.15. The lowest BCUT2D eigenvalue weighted by molar-refractivity contribution is -0.123. The minimum atomic E-state index is 0.128. The number of rotatable bonds is 13. The van der Waals surface area contributed by atoms with Gasteiger partial charge in [-0.3, -0.25) is 4.79 Å². The van der Waals surface area contributed by atoms with Gasteiger partial charge in [0.2, 0.25) is 0 Å². The van der Waals surface area contributed by atoms with E-state index in [1.54, 1.807) is 0 Å². The van der Waals surface area contributed by atoms with Crippen molar-refractivity contribution in [2.75, 3.05) is 33.0 Å². The van der Waals surface area contributed by atoms with E-state index in [1.165, 1.54) is 0 Å². The van der Waals surface area contributed by atoms with Crippen molar-refractivity contribution in [3.63, 3.8) is 0 Å². The molecule has 0 spiro atoms. The highest BCUT2D eigenvalue weighted by atomic mass is 16.5. The summed E-state index contributed by atoms with van der Waals surface area (Å²) in [6.07, 6.45) is 2.70. The zero-order valence-corrected chi connectivity index (χ0v) is 12.7. The highest BCUT2D eigenvalue weighted by Gasteiger charge is 1.98. The van der Waals surface area contributed by atoms with Crippen molar-refractivity contribution in [2.24, 2.45) is 5.92 Å². The van der Waals surface area contributed by atoms with Crippen LogP contribution in [0.5, 0.6) is 0 Å². The van der Waals surface area contributed by atoms with Crippen molar-refractivity contribution in [2.45, 2.75) is 40.0 Å². The van der Waals surface area contributed by atoms with Crippen LogP contribution >= 0.6 is 0 Å². The van der Waals surface area contributed by atoms with E-state index in [-0.39, 0.29) is 12.4 Å². The monoisotopic (exact) mass is 271 g/mol. The summed E-state index contributed by atoms with van der Waals surface area (Å²) in [7, 11) is 0. The molecule has 0 aromatic heterocycles. The number of hydrogen-bond acceptors (Lipinski definition) is 4. The van der Waals surface area contributed by atoms with E-state index in [0.29, 0.717) is 32.2 Å². The predicted octanol–water partition coefficient (Wildman–Crippen LogP) is 2.54. The second-order valence-corrected chi connectivity index (χ2v) is 5.02. The largest absolute Gasteiger partial charge is 0.387 e. The number of allylic oxidation sites excluding steroid dienone is 1. The number of carbonyl (C=O) groups excluding carboxylic acids is 1. The molecular formula is C15H29NO3. The molecule has 0 heterocycles. The zero-order valence-electron chi connectivity index (χ0n) is 12.7. The van der Waals surface area contributed by atoms with Gasteiger partial charge in [-0.1, -0.05) is 27.4 Å². The van der Waals surface area contributed by atoms with Gasteiger partial charge in [-0.05, 0) is 18.8 Å². The Labute approximate surface area is 117 Å². The summed E-state index contributed by atoms with van der Waals surface area (Å²) in [4.78, 5) is 10.9. The number of hydrogen-bond donors (Lipinski definition) is 1. The number of Topliss-reactive ketones (excluding diaryl/α,β-unsaturated/α-hetero) is 1. The van der Waals surface area contributed by atoms with Gasteiger partial charge in [0.25, 0.3) is 0 Å². The summed E-state index contributed by atoms with van der Waals surface area (Å²) in [5, 5.41) is 3.24. The first-order valence-corrected chi connectivity index (χ1v) is 7.15. The van der Waals surface area contributed by atoms with E-state index in [9.17, 15) is 4.79 Å². The van der Waals surface area contributed by atoms with Crippen molar-refractivity contribution < 1.29 is 14.3 Å². The number of ether oxygens (including phenoxy) is 2. The number of ketones is 1. The van der Waals surface area contributed by atoms with E-state index >= 15 is 0 Å². The molecule has 0 atom stereocenters. The maximum Gasteiger partial charge on any atom is 0.158 e. The van der Waals surface area contributed by atoms with Crippen molar-refractivity contribution in [3.05, 3.63) is 12.3 Å². The molecule has 0 saturated heterocycles. The van der Waals surface area contributed by atoms with Crippen LogP contribution in [-0.4, -0.2) is 38.8 Å². The molecule has 0 aromatic carbocycles. The third-order valence-electron chi connectivity index (χ3n) is 2.67. The summed E-state index contributed by atoms with van der Waals surface area (Å²) in [5.74, 6) is 0.834. The van der Waals surface area contributed by atoms with Crippen LogP contribution in [0.4, 0.5) is 0 Å². The Kier molecular flexibility index (Phi) is 11.6. The van der Waals surface area contributed by atoms with E-state index in [0.717, 1.165) is 25.1 Å². The average Bonchev–Trinajstić information content (AvgIpc) is 2.38.